The Morgan fingerprint density at radius 3 is 2.30 bits per heavy atom. The second-order valence-electron chi connectivity index (χ2n) is 6.68. The van der Waals surface area contributed by atoms with E-state index in [9.17, 15) is 26.7 Å². The van der Waals surface area contributed by atoms with Gasteiger partial charge in [-0.2, -0.15) is 13.2 Å². The van der Waals surface area contributed by atoms with Crippen molar-refractivity contribution >= 4 is 5.65 Å². The molecule has 0 bridgehead atoms. The van der Waals surface area contributed by atoms with E-state index in [4.69, 9.17) is 0 Å². The fraction of sp³-hybridized carbons (Fsp3) is 0.150. The van der Waals surface area contributed by atoms with Gasteiger partial charge in [0, 0.05) is 17.3 Å². The standard InChI is InChI=1S/C20H13F5N4O/c1-11-8-17-27-28(10-12-2-7-15(21)16(22)9-12)19(30)29(17)18(26-11)13-3-5-14(6-4-13)20(23,24)25/h2-9H,10H2,1H3. The molecular formula is C20H13F5N4O. The van der Waals surface area contributed by atoms with Crippen molar-refractivity contribution in [3.63, 3.8) is 0 Å². The summed E-state index contributed by atoms with van der Waals surface area (Å²) in [5.74, 6) is -1.93. The molecule has 5 nitrogen and oxygen atoms in total. The number of alkyl halides is 3. The summed E-state index contributed by atoms with van der Waals surface area (Å²) in [5, 5.41) is 4.19. The smallest absolute Gasteiger partial charge is 0.245 e. The average Bonchev–Trinajstić information content (AvgIpc) is 2.98. The third-order valence-corrected chi connectivity index (χ3v) is 4.48. The van der Waals surface area contributed by atoms with Crippen LogP contribution in [-0.2, 0) is 12.7 Å². The van der Waals surface area contributed by atoms with Gasteiger partial charge in [-0.05, 0) is 36.8 Å². The van der Waals surface area contributed by atoms with Crippen LogP contribution < -0.4 is 5.69 Å². The van der Waals surface area contributed by atoms with E-state index in [0.717, 1.165) is 33.3 Å². The van der Waals surface area contributed by atoms with E-state index in [2.05, 4.69) is 10.1 Å². The highest BCUT2D eigenvalue weighted by atomic mass is 19.4. The molecule has 0 aliphatic carbocycles. The van der Waals surface area contributed by atoms with Crippen LogP contribution in [0.1, 0.15) is 16.8 Å². The molecule has 0 aliphatic rings. The summed E-state index contributed by atoms with van der Waals surface area (Å²) < 4.78 is 67.3. The summed E-state index contributed by atoms with van der Waals surface area (Å²) in [4.78, 5) is 17.2. The summed E-state index contributed by atoms with van der Waals surface area (Å²) in [6.07, 6.45) is -4.49. The maximum atomic E-state index is 13.5. The van der Waals surface area contributed by atoms with Crippen LogP contribution in [0.15, 0.2) is 53.3 Å². The highest BCUT2D eigenvalue weighted by Crippen LogP contribution is 2.30. The number of hydrogen-bond donors (Lipinski definition) is 0. The van der Waals surface area contributed by atoms with Gasteiger partial charge in [0.15, 0.2) is 17.3 Å². The predicted octanol–water partition coefficient (Wildman–Crippen LogP) is 4.21. The monoisotopic (exact) mass is 420 g/mol. The van der Waals surface area contributed by atoms with Crippen LogP contribution in [0, 0.1) is 18.6 Å². The van der Waals surface area contributed by atoms with E-state index in [1.807, 2.05) is 0 Å². The Bertz CT molecular complexity index is 1310. The van der Waals surface area contributed by atoms with Gasteiger partial charge in [-0.15, -0.1) is 5.10 Å². The number of rotatable bonds is 3. The lowest BCUT2D eigenvalue weighted by Gasteiger charge is -2.08. The third kappa shape index (κ3) is 3.56. The van der Waals surface area contributed by atoms with Gasteiger partial charge < -0.3 is 0 Å². The number of nitrogens with zero attached hydrogens (tertiary/aromatic N) is 4. The molecule has 10 heteroatoms. The van der Waals surface area contributed by atoms with E-state index in [1.54, 1.807) is 6.92 Å². The zero-order valence-corrected chi connectivity index (χ0v) is 15.4. The third-order valence-electron chi connectivity index (χ3n) is 4.48. The topological polar surface area (TPSA) is 52.2 Å². The van der Waals surface area contributed by atoms with Gasteiger partial charge in [0.1, 0.15) is 5.82 Å². The maximum Gasteiger partial charge on any atom is 0.416 e. The van der Waals surface area contributed by atoms with Crippen molar-refractivity contribution in [2.45, 2.75) is 19.6 Å². The first-order valence-electron chi connectivity index (χ1n) is 8.72. The van der Waals surface area contributed by atoms with Crippen LogP contribution in [0.4, 0.5) is 22.0 Å². The van der Waals surface area contributed by atoms with E-state index in [0.29, 0.717) is 16.8 Å². The van der Waals surface area contributed by atoms with Crippen LogP contribution in [0.5, 0.6) is 0 Å². The lowest BCUT2D eigenvalue weighted by molar-refractivity contribution is -0.137. The van der Waals surface area contributed by atoms with Crippen molar-refractivity contribution in [2.75, 3.05) is 0 Å². The van der Waals surface area contributed by atoms with E-state index in [1.165, 1.54) is 24.3 Å². The molecule has 0 saturated heterocycles. The van der Waals surface area contributed by atoms with Crippen molar-refractivity contribution in [1.29, 1.82) is 0 Å². The first-order chi connectivity index (χ1) is 14.1. The SMILES string of the molecule is Cc1cc2nn(Cc3ccc(F)c(F)c3)c(=O)n2c(-c2ccc(C(F)(F)F)cc2)n1. The Labute approximate surface area is 166 Å². The Morgan fingerprint density at radius 2 is 1.67 bits per heavy atom. The number of benzene rings is 2. The number of halogens is 5. The fourth-order valence-corrected chi connectivity index (χ4v) is 3.07. The molecule has 0 aliphatic heterocycles. The van der Waals surface area contributed by atoms with Gasteiger partial charge in [0.2, 0.25) is 0 Å². The van der Waals surface area contributed by atoms with E-state index >= 15 is 0 Å². The van der Waals surface area contributed by atoms with Crippen molar-refractivity contribution in [3.05, 3.63) is 87.5 Å². The Hall–Kier alpha value is -3.56. The Kier molecular flexibility index (Phi) is 4.64. The first kappa shape index (κ1) is 19.7. The van der Waals surface area contributed by atoms with Crippen LogP contribution in [0.2, 0.25) is 0 Å². The van der Waals surface area contributed by atoms with Crippen LogP contribution in [0.3, 0.4) is 0 Å². The average molecular weight is 420 g/mol. The van der Waals surface area contributed by atoms with Gasteiger partial charge in [-0.25, -0.2) is 27.6 Å². The molecule has 30 heavy (non-hydrogen) atoms. The minimum absolute atomic E-state index is 0.122. The quantitative estimate of drug-likeness (QED) is 0.467. The first-order valence-corrected chi connectivity index (χ1v) is 8.72. The van der Waals surface area contributed by atoms with Gasteiger partial charge in [0.25, 0.3) is 0 Å². The molecule has 4 rings (SSSR count). The van der Waals surface area contributed by atoms with Crippen molar-refractivity contribution in [2.24, 2.45) is 0 Å². The van der Waals surface area contributed by atoms with Crippen molar-refractivity contribution in [3.8, 4) is 11.4 Å². The highest BCUT2D eigenvalue weighted by molar-refractivity contribution is 5.60. The molecule has 154 valence electrons. The molecule has 0 unspecified atom stereocenters. The number of aryl methyl sites for hydroxylation is 1. The summed E-state index contributed by atoms with van der Waals surface area (Å²) in [5.41, 5.74) is -0.0904. The van der Waals surface area contributed by atoms with Gasteiger partial charge >= 0.3 is 11.9 Å². The Balaban J connectivity index is 1.82. The highest BCUT2D eigenvalue weighted by Gasteiger charge is 2.30. The van der Waals surface area contributed by atoms with Gasteiger partial charge in [0.05, 0.1) is 12.1 Å². The predicted molar refractivity (Wildman–Crippen MR) is 97.9 cm³/mol. The molecule has 0 amide bonds. The minimum atomic E-state index is -4.49. The number of hydrogen-bond acceptors (Lipinski definition) is 3. The zero-order chi connectivity index (χ0) is 21.6. The van der Waals surface area contributed by atoms with Crippen molar-refractivity contribution < 1.29 is 22.0 Å². The molecule has 0 atom stereocenters. The van der Waals surface area contributed by atoms with Crippen LogP contribution in [-0.4, -0.2) is 19.2 Å². The second-order valence-corrected chi connectivity index (χ2v) is 6.68. The largest absolute Gasteiger partial charge is 0.416 e. The van der Waals surface area contributed by atoms with Gasteiger partial charge in [-0.1, -0.05) is 18.2 Å². The normalized spacial score (nSPS) is 11.9. The molecule has 0 N–H and O–H groups in total. The van der Waals surface area contributed by atoms with Crippen LogP contribution in [0.25, 0.3) is 17.0 Å². The zero-order valence-electron chi connectivity index (χ0n) is 15.4. The summed E-state index contributed by atoms with van der Waals surface area (Å²) >= 11 is 0. The Morgan fingerprint density at radius 1 is 0.967 bits per heavy atom. The number of aromatic nitrogens is 4. The molecule has 2 heterocycles. The summed E-state index contributed by atoms with van der Waals surface area (Å²) in [7, 11) is 0. The van der Waals surface area contributed by atoms with Crippen molar-refractivity contribution in [1.82, 2.24) is 19.2 Å². The molecule has 0 spiro atoms. The fourth-order valence-electron chi connectivity index (χ4n) is 3.07. The summed E-state index contributed by atoms with van der Waals surface area (Å²) in [6, 6.07) is 9.04. The molecule has 2 aromatic heterocycles. The molecule has 4 aromatic rings. The van der Waals surface area contributed by atoms with Crippen LogP contribution >= 0.6 is 0 Å². The molecule has 0 fully saturated rings. The number of fused-ring (bicyclic) bond motifs is 1. The van der Waals surface area contributed by atoms with Gasteiger partial charge in [-0.3, -0.25) is 0 Å². The molecule has 2 aromatic carbocycles. The summed E-state index contributed by atoms with van der Waals surface area (Å²) in [6.45, 7) is 1.54. The lowest BCUT2D eigenvalue weighted by Crippen LogP contribution is -2.23. The molecular weight excluding hydrogens is 407 g/mol. The molecule has 0 saturated carbocycles. The lowest BCUT2D eigenvalue weighted by atomic mass is 10.1. The maximum absolute atomic E-state index is 13.5. The second kappa shape index (κ2) is 7.05. The van der Waals surface area contributed by atoms with E-state index < -0.39 is 29.1 Å². The van der Waals surface area contributed by atoms with E-state index in [-0.39, 0.29) is 18.0 Å². The molecule has 0 radical (unpaired) electrons. The minimum Gasteiger partial charge on any atom is -0.245 e.